The summed E-state index contributed by atoms with van der Waals surface area (Å²) in [6.45, 7) is 2.31. The standard InChI is InChI=1S/C33H30INO3/c1-22(36)38-32-30(34)21-35(31(32)20-23-16-18-25(37-2)19-17-23)33(24-10-4-3-5-11-24)28-14-8-6-12-26(28)27-13-7-9-15-29(27)33/h3-19,30-32H,20-21H2,1-2H3/t30-,31-,32+/m1/s1. The summed E-state index contributed by atoms with van der Waals surface area (Å²) < 4.78 is 11.6. The van der Waals surface area contributed by atoms with Crippen molar-refractivity contribution in [1.29, 1.82) is 0 Å². The number of halogens is 1. The Kier molecular flexibility index (Phi) is 6.74. The smallest absolute Gasteiger partial charge is 0.302 e. The molecule has 38 heavy (non-hydrogen) atoms. The molecule has 5 heteroatoms. The van der Waals surface area contributed by atoms with E-state index in [2.05, 4.69) is 118 Å². The first kappa shape index (κ1) is 25.1. The number of benzene rings is 4. The van der Waals surface area contributed by atoms with Crippen LogP contribution in [0.4, 0.5) is 0 Å². The van der Waals surface area contributed by atoms with Crippen LogP contribution in [0.5, 0.6) is 5.75 Å². The number of alkyl halides is 1. The van der Waals surface area contributed by atoms with E-state index in [4.69, 9.17) is 9.47 Å². The maximum atomic E-state index is 12.3. The fourth-order valence-electron chi connectivity index (χ4n) is 6.48. The Morgan fingerprint density at radius 3 is 2.03 bits per heavy atom. The van der Waals surface area contributed by atoms with E-state index in [0.717, 1.165) is 18.7 Å². The molecule has 4 aromatic rings. The van der Waals surface area contributed by atoms with Crippen LogP contribution in [-0.2, 0) is 21.5 Å². The average molecular weight is 616 g/mol. The van der Waals surface area contributed by atoms with Crippen molar-refractivity contribution in [3.63, 3.8) is 0 Å². The van der Waals surface area contributed by atoms with Crippen LogP contribution in [0.15, 0.2) is 103 Å². The van der Waals surface area contributed by atoms with E-state index in [1.807, 2.05) is 12.1 Å². The number of carbonyl (C=O) groups is 1. The van der Waals surface area contributed by atoms with Crippen LogP contribution < -0.4 is 4.74 Å². The maximum Gasteiger partial charge on any atom is 0.302 e. The fourth-order valence-corrected chi connectivity index (χ4v) is 7.53. The molecule has 0 amide bonds. The lowest BCUT2D eigenvalue weighted by Crippen LogP contribution is -2.52. The Hall–Kier alpha value is -3.16. The molecular formula is C33H30INO3. The molecule has 2 aliphatic rings. The zero-order valence-corrected chi connectivity index (χ0v) is 23.7. The van der Waals surface area contributed by atoms with Gasteiger partial charge in [0, 0.05) is 13.5 Å². The summed E-state index contributed by atoms with van der Waals surface area (Å²) in [5.41, 5.74) is 6.98. The SMILES string of the molecule is COc1ccc(C[C@@H]2[C@@H](OC(C)=O)[C@H](I)CN2C2(c3ccccc3)c3ccccc3-c3ccccc32)cc1. The highest BCUT2D eigenvalue weighted by Crippen LogP contribution is 2.56. The third-order valence-corrected chi connectivity index (χ3v) is 9.06. The van der Waals surface area contributed by atoms with Crippen LogP contribution in [0, 0.1) is 0 Å². The molecule has 1 aliphatic heterocycles. The summed E-state index contributed by atoms with van der Waals surface area (Å²) in [6, 6.07) is 36.6. The van der Waals surface area contributed by atoms with Gasteiger partial charge in [-0.25, -0.2) is 0 Å². The largest absolute Gasteiger partial charge is 0.497 e. The number of methoxy groups -OCH3 is 1. The Morgan fingerprint density at radius 2 is 1.45 bits per heavy atom. The molecule has 4 nitrogen and oxygen atoms in total. The molecule has 0 radical (unpaired) electrons. The summed E-state index contributed by atoms with van der Waals surface area (Å²) in [6.07, 6.45) is 0.510. The number of nitrogens with zero attached hydrogens (tertiary/aromatic N) is 1. The van der Waals surface area contributed by atoms with Gasteiger partial charge in [0.05, 0.1) is 22.6 Å². The van der Waals surface area contributed by atoms with E-state index in [0.29, 0.717) is 0 Å². The van der Waals surface area contributed by atoms with Crippen molar-refractivity contribution >= 4 is 28.6 Å². The summed E-state index contributed by atoms with van der Waals surface area (Å²) in [5, 5.41) is 0. The van der Waals surface area contributed by atoms with Crippen molar-refractivity contribution in [2.75, 3.05) is 13.7 Å². The molecule has 3 atom stereocenters. The van der Waals surface area contributed by atoms with Crippen molar-refractivity contribution in [2.45, 2.75) is 35.0 Å². The van der Waals surface area contributed by atoms with E-state index >= 15 is 0 Å². The van der Waals surface area contributed by atoms with Gasteiger partial charge in [-0.3, -0.25) is 9.69 Å². The van der Waals surface area contributed by atoms with E-state index in [1.54, 1.807) is 7.11 Å². The van der Waals surface area contributed by atoms with Crippen molar-refractivity contribution in [3.05, 3.63) is 125 Å². The molecular weight excluding hydrogens is 585 g/mol. The van der Waals surface area contributed by atoms with Crippen molar-refractivity contribution in [3.8, 4) is 16.9 Å². The van der Waals surface area contributed by atoms with Gasteiger partial charge in [-0.1, -0.05) is 114 Å². The van der Waals surface area contributed by atoms with Crippen LogP contribution >= 0.6 is 22.6 Å². The number of fused-ring (bicyclic) bond motifs is 3. The predicted molar refractivity (Wildman–Crippen MR) is 159 cm³/mol. The molecule has 0 spiro atoms. The molecule has 4 aromatic carbocycles. The molecule has 0 saturated carbocycles. The summed E-state index contributed by atoms with van der Waals surface area (Å²) in [4.78, 5) is 15.0. The number of rotatable bonds is 6. The van der Waals surface area contributed by atoms with Crippen LogP contribution in [0.3, 0.4) is 0 Å². The molecule has 0 unspecified atom stereocenters. The second-order valence-electron chi connectivity index (χ2n) is 10.0. The zero-order chi connectivity index (χ0) is 26.3. The lowest BCUT2D eigenvalue weighted by molar-refractivity contribution is -0.147. The molecule has 192 valence electrons. The number of carbonyl (C=O) groups excluding carboxylic acids is 1. The quantitative estimate of drug-likeness (QED) is 0.139. The average Bonchev–Trinajstić information content (AvgIpc) is 3.41. The predicted octanol–water partition coefficient (Wildman–Crippen LogP) is 6.63. The number of ether oxygens (including phenoxy) is 2. The lowest BCUT2D eigenvalue weighted by Gasteiger charge is -2.45. The van der Waals surface area contributed by atoms with E-state index in [9.17, 15) is 4.79 Å². The van der Waals surface area contributed by atoms with Gasteiger partial charge in [0.25, 0.3) is 0 Å². The molecule has 1 aliphatic carbocycles. The van der Waals surface area contributed by atoms with Gasteiger partial charge in [-0.2, -0.15) is 0 Å². The Balaban J connectivity index is 1.58. The van der Waals surface area contributed by atoms with Gasteiger partial charge in [-0.15, -0.1) is 0 Å². The monoisotopic (exact) mass is 615 g/mol. The van der Waals surface area contributed by atoms with Gasteiger partial charge in [0.15, 0.2) is 0 Å². The number of likely N-dealkylation sites (tertiary alicyclic amines) is 1. The first-order valence-electron chi connectivity index (χ1n) is 13.0. The summed E-state index contributed by atoms with van der Waals surface area (Å²) in [5.74, 6) is 0.596. The van der Waals surface area contributed by atoms with Crippen molar-refractivity contribution in [2.24, 2.45) is 0 Å². The third-order valence-electron chi connectivity index (χ3n) is 7.96. The molecule has 0 aromatic heterocycles. The van der Waals surface area contributed by atoms with Gasteiger partial charge < -0.3 is 9.47 Å². The van der Waals surface area contributed by atoms with Crippen molar-refractivity contribution < 1.29 is 14.3 Å². The highest BCUT2D eigenvalue weighted by Gasteiger charge is 2.56. The van der Waals surface area contributed by atoms with E-state index < -0.39 is 5.54 Å². The number of hydrogen-bond acceptors (Lipinski definition) is 4. The highest BCUT2D eigenvalue weighted by molar-refractivity contribution is 14.1. The topological polar surface area (TPSA) is 38.8 Å². The molecule has 0 N–H and O–H groups in total. The van der Waals surface area contributed by atoms with E-state index in [-0.39, 0.29) is 22.0 Å². The third kappa shape index (κ3) is 4.03. The minimum atomic E-state index is -0.510. The zero-order valence-electron chi connectivity index (χ0n) is 21.5. The molecule has 0 bridgehead atoms. The van der Waals surface area contributed by atoms with Crippen LogP contribution in [0.25, 0.3) is 11.1 Å². The first-order chi connectivity index (χ1) is 18.5. The second kappa shape index (κ2) is 10.2. The Labute approximate surface area is 237 Å². The highest BCUT2D eigenvalue weighted by atomic mass is 127. The van der Waals surface area contributed by atoms with Crippen LogP contribution in [0.2, 0.25) is 0 Å². The van der Waals surface area contributed by atoms with Crippen LogP contribution in [-0.4, -0.2) is 40.6 Å². The minimum absolute atomic E-state index is 0.0337. The maximum absolute atomic E-state index is 12.3. The fraction of sp³-hybridized carbons (Fsp3) is 0.242. The van der Waals surface area contributed by atoms with Gasteiger partial charge in [0.2, 0.25) is 0 Å². The van der Waals surface area contributed by atoms with Gasteiger partial charge >= 0.3 is 5.97 Å². The molecule has 1 heterocycles. The van der Waals surface area contributed by atoms with Crippen LogP contribution in [0.1, 0.15) is 29.2 Å². The summed E-state index contributed by atoms with van der Waals surface area (Å²) in [7, 11) is 1.68. The first-order valence-corrected chi connectivity index (χ1v) is 14.2. The second-order valence-corrected chi connectivity index (χ2v) is 11.6. The van der Waals surface area contributed by atoms with Crippen molar-refractivity contribution in [1.82, 2.24) is 4.90 Å². The van der Waals surface area contributed by atoms with E-state index in [1.165, 1.54) is 40.3 Å². The van der Waals surface area contributed by atoms with Gasteiger partial charge in [-0.05, 0) is 51.9 Å². The normalized spacial score (nSPS) is 21.5. The number of hydrogen-bond donors (Lipinski definition) is 0. The molecule has 1 fully saturated rings. The summed E-state index contributed by atoms with van der Waals surface area (Å²) >= 11 is 2.48. The Bertz CT molecular complexity index is 1410. The molecule has 6 rings (SSSR count). The lowest BCUT2D eigenvalue weighted by atomic mass is 9.78. The Morgan fingerprint density at radius 1 is 0.868 bits per heavy atom. The minimum Gasteiger partial charge on any atom is -0.497 e. The number of esters is 1. The van der Waals surface area contributed by atoms with Gasteiger partial charge in [0.1, 0.15) is 11.9 Å². The molecule has 1 saturated heterocycles.